The number of hydrogen-bond acceptors (Lipinski definition) is 2. The van der Waals surface area contributed by atoms with Crippen LogP contribution in [0.1, 0.15) is 25.7 Å². The summed E-state index contributed by atoms with van der Waals surface area (Å²) in [6, 6.07) is 0. The van der Waals surface area contributed by atoms with E-state index in [2.05, 4.69) is 5.32 Å². The molecule has 68 valence electrons. The van der Waals surface area contributed by atoms with Crippen molar-refractivity contribution in [1.82, 2.24) is 5.32 Å². The minimum absolute atomic E-state index is 0.245. The standard InChI is InChI=1S/C10H17NO/c12-10(7-1-2-7,8-3-4-8)9-5-11-6-9/h7-9,11-12H,1-6H2. The third-order valence-electron chi connectivity index (χ3n) is 3.90. The van der Waals surface area contributed by atoms with Crippen molar-refractivity contribution < 1.29 is 5.11 Å². The van der Waals surface area contributed by atoms with Gasteiger partial charge in [-0.3, -0.25) is 0 Å². The lowest BCUT2D eigenvalue weighted by atomic mass is 9.76. The van der Waals surface area contributed by atoms with Crippen molar-refractivity contribution in [1.29, 1.82) is 0 Å². The van der Waals surface area contributed by atoms with E-state index in [1.165, 1.54) is 25.7 Å². The average Bonchev–Trinajstić information content (AvgIpc) is 2.80. The molecule has 0 spiro atoms. The summed E-state index contributed by atoms with van der Waals surface area (Å²) in [7, 11) is 0. The lowest BCUT2D eigenvalue weighted by Crippen LogP contribution is -2.58. The van der Waals surface area contributed by atoms with Crippen LogP contribution in [-0.2, 0) is 0 Å². The SMILES string of the molecule is OC(C1CC1)(C1CC1)C1CNC1. The summed E-state index contributed by atoms with van der Waals surface area (Å²) in [5, 5.41) is 13.8. The molecule has 1 heterocycles. The maximum Gasteiger partial charge on any atom is 0.0756 e. The van der Waals surface area contributed by atoms with Gasteiger partial charge >= 0.3 is 0 Å². The van der Waals surface area contributed by atoms with Crippen LogP contribution in [0.2, 0.25) is 0 Å². The van der Waals surface area contributed by atoms with Crippen LogP contribution in [0.25, 0.3) is 0 Å². The normalized spacial score (nSPS) is 31.8. The molecule has 0 aromatic carbocycles. The van der Waals surface area contributed by atoms with Crippen LogP contribution in [0, 0.1) is 17.8 Å². The van der Waals surface area contributed by atoms with Gasteiger partial charge in [0.15, 0.2) is 0 Å². The van der Waals surface area contributed by atoms with Crippen molar-refractivity contribution in [2.45, 2.75) is 31.3 Å². The van der Waals surface area contributed by atoms with Crippen molar-refractivity contribution in [2.75, 3.05) is 13.1 Å². The van der Waals surface area contributed by atoms with E-state index in [-0.39, 0.29) is 5.60 Å². The molecule has 3 fully saturated rings. The Hall–Kier alpha value is -0.0800. The summed E-state index contributed by atoms with van der Waals surface area (Å²) in [6.45, 7) is 2.12. The number of nitrogens with one attached hydrogen (secondary N) is 1. The van der Waals surface area contributed by atoms with E-state index in [4.69, 9.17) is 0 Å². The van der Waals surface area contributed by atoms with Crippen LogP contribution >= 0.6 is 0 Å². The molecule has 12 heavy (non-hydrogen) atoms. The fraction of sp³-hybridized carbons (Fsp3) is 1.00. The van der Waals surface area contributed by atoms with Crippen molar-refractivity contribution in [3.05, 3.63) is 0 Å². The maximum atomic E-state index is 10.6. The van der Waals surface area contributed by atoms with Gasteiger partial charge in [0.05, 0.1) is 5.60 Å². The number of rotatable bonds is 3. The molecule has 1 aliphatic heterocycles. The van der Waals surface area contributed by atoms with Gasteiger partial charge in [-0.15, -0.1) is 0 Å². The van der Waals surface area contributed by atoms with Crippen LogP contribution in [0.3, 0.4) is 0 Å². The molecule has 0 unspecified atom stereocenters. The fourth-order valence-corrected chi connectivity index (χ4v) is 2.71. The topological polar surface area (TPSA) is 32.3 Å². The summed E-state index contributed by atoms with van der Waals surface area (Å²) in [6.07, 6.45) is 5.12. The first-order valence-corrected chi connectivity index (χ1v) is 5.25. The van der Waals surface area contributed by atoms with E-state index in [1.807, 2.05) is 0 Å². The van der Waals surface area contributed by atoms with Gasteiger partial charge in [-0.1, -0.05) is 0 Å². The Labute approximate surface area is 73.4 Å². The Balaban J connectivity index is 1.79. The molecule has 0 amide bonds. The highest BCUT2D eigenvalue weighted by Gasteiger charge is 2.58. The number of aliphatic hydroxyl groups is 1. The smallest absolute Gasteiger partial charge is 0.0756 e. The molecule has 3 rings (SSSR count). The second-order valence-electron chi connectivity index (χ2n) is 4.79. The van der Waals surface area contributed by atoms with Gasteiger partial charge in [0.2, 0.25) is 0 Å². The molecular weight excluding hydrogens is 150 g/mol. The molecule has 2 N–H and O–H groups in total. The maximum absolute atomic E-state index is 10.6. The van der Waals surface area contributed by atoms with E-state index in [0.717, 1.165) is 13.1 Å². The average molecular weight is 167 g/mol. The molecular formula is C10H17NO. The van der Waals surface area contributed by atoms with Gasteiger partial charge < -0.3 is 10.4 Å². The predicted octanol–water partition coefficient (Wildman–Crippen LogP) is 0.757. The van der Waals surface area contributed by atoms with E-state index < -0.39 is 0 Å². The quantitative estimate of drug-likeness (QED) is 0.650. The highest BCUT2D eigenvalue weighted by molar-refractivity contribution is 5.10. The van der Waals surface area contributed by atoms with E-state index in [1.54, 1.807) is 0 Å². The molecule has 0 aromatic heterocycles. The van der Waals surface area contributed by atoms with E-state index >= 15 is 0 Å². The number of hydrogen-bond donors (Lipinski definition) is 2. The van der Waals surface area contributed by atoms with Gasteiger partial charge in [0.1, 0.15) is 0 Å². The highest BCUT2D eigenvalue weighted by atomic mass is 16.3. The van der Waals surface area contributed by atoms with Crippen molar-refractivity contribution in [2.24, 2.45) is 17.8 Å². The molecule has 2 aliphatic carbocycles. The first-order chi connectivity index (χ1) is 5.82. The molecule has 1 saturated heterocycles. The van der Waals surface area contributed by atoms with Gasteiger partial charge in [-0.05, 0) is 37.5 Å². The Morgan fingerprint density at radius 3 is 1.67 bits per heavy atom. The van der Waals surface area contributed by atoms with E-state index in [0.29, 0.717) is 17.8 Å². The van der Waals surface area contributed by atoms with Crippen LogP contribution in [0.4, 0.5) is 0 Å². The van der Waals surface area contributed by atoms with Gasteiger partial charge in [-0.25, -0.2) is 0 Å². The summed E-state index contributed by atoms with van der Waals surface area (Å²) < 4.78 is 0. The summed E-state index contributed by atoms with van der Waals surface area (Å²) >= 11 is 0. The van der Waals surface area contributed by atoms with Gasteiger partial charge in [0.25, 0.3) is 0 Å². The Kier molecular flexibility index (Phi) is 1.37. The summed E-state index contributed by atoms with van der Waals surface area (Å²) in [4.78, 5) is 0. The monoisotopic (exact) mass is 167 g/mol. The highest BCUT2D eigenvalue weighted by Crippen LogP contribution is 2.55. The zero-order chi connectivity index (χ0) is 8.18. The Morgan fingerprint density at radius 2 is 1.42 bits per heavy atom. The molecule has 0 atom stereocenters. The first kappa shape index (κ1) is 7.34. The van der Waals surface area contributed by atoms with Gasteiger partial charge in [0, 0.05) is 19.0 Å². The minimum atomic E-state index is -0.245. The van der Waals surface area contributed by atoms with Crippen LogP contribution in [-0.4, -0.2) is 23.8 Å². The summed E-state index contributed by atoms with van der Waals surface area (Å²) in [5.41, 5.74) is -0.245. The lowest BCUT2D eigenvalue weighted by molar-refractivity contribution is -0.0765. The van der Waals surface area contributed by atoms with Crippen molar-refractivity contribution in [3.63, 3.8) is 0 Å². The molecule has 3 aliphatic rings. The largest absolute Gasteiger partial charge is 0.389 e. The minimum Gasteiger partial charge on any atom is -0.389 e. The first-order valence-electron chi connectivity index (χ1n) is 5.25. The third-order valence-corrected chi connectivity index (χ3v) is 3.90. The second kappa shape index (κ2) is 2.24. The molecule has 0 radical (unpaired) electrons. The molecule has 2 heteroatoms. The lowest BCUT2D eigenvalue weighted by Gasteiger charge is -2.43. The molecule has 2 saturated carbocycles. The van der Waals surface area contributed by atoms with Crippen molar-refractivity contribution in [3.8, 4) is 0 Å². The zero-order valence-electron chi connectivity index (χ0n) is 7.42. The molecule has 2 nitrogen and oxygen atoms in total. The van der Waals surface area contributed by atoms with Crippen LogP contribution in [0.5, 0.6) is 0 Å². The zero-order valence-corrected chi connectivity index (χ0v) is 7.42. The van der Waals surface area contributed by atoms with Crippen LogP contribution in [0.15, 0.2) is 0 Å². The Morgan fingerprint density at radius 1 is 0.917 bits per heavy atom. The van der Waals surface area contributed by atoms with Crippen LogP contribution < -0.4 is 5.32 Å². The van der Waals surface area contributed by atoms with Gasteiger partial charge in [-0.2, -0.15) is 0 Å². The fourth-order valence-electron chi connectivity index (χ4n) is 2.71. The molecule has 0 bridgehead atoms. The third kappa shape index (κ3) is 0.882. The molecule has 0 aromatic rings. The summed E-state index contributed by atoms with van der Waals surface area (Å²) in [5.74, 6) is 1.91. The second-order valence-corrected chi connectivity index (χ2v) is 4.79. The van der Waals surface area contributed by atoms with Crippen molar-refractivity contribution >= 4 is 0 Å². The predicted molar refractivity (Wildman–Crippen MR) is 46.8 cm³/mol. The van der Waals surface area contributed by atoms with E-state index in [9.17, 15) is 5.11 Å². The Bertz CT molecular complexity index is 180.